The van der Waals surface area contributed by atoms with Crippen molar-refractivity contribution in [3.8, 4) is 11.5 Å². The molecule has 110 valence electrons. The van der Waals surface area contributed by atoms with Gasteiger partial charge in [-0.1, -0.05) is 12.1 Å². The fourth-order valence-corrected chi connectivity index (χ4v) is 1.78. The van der Waals surface area contributed by atoms with Crippen molar-refractivity contribution in [2.24, 2.45) is 0 Å². The first-order chi connectivity index (χ1) is 10.0. The van der Waals surface area contributed by atoms with Crippen molar-refractivity contribution >= 4 is 5.69 Å². The molecular weight excluding hydrogens is 284 g/mol. The summed E-state index contributed by atoms with van der Waals surface area (Å²) >= 11 is 0. The summed E-state index contributed by atoms with van der Waals surface area (Å²) in [7, 11) is 0. The molecule has 0 radical (unpaired) electrons. The third-order valence-corrected chi connectivity index (χ3v) is 2.73. The first-order valence-corrected chi connectivity index (χ1v) is 6.02. The molecule has 5 nitrogen and oxygen atoms in total. The molecule has 0 heterocycles. The van der Waals surface area contributed by atoms with E-state index in [0.717, 1.165) is 11.6 Å². The Kier molecular flexibility index (Phi) is 4.44. The van der Waals surface area contributed by atoms with Gasteiger partial charge in [-0.15, -0.1) is 0 Å². The number of halogens is 2. The molecule has 2 aromatic rings. The van der Waals surface area contributed by atoms with Crippen molar-refractivity contribution in [2.45, 2.75) is 6.42 Å². The number of aliphatic hydroxyl groups excluding tert-OH is 1. The fourth-order valence-electron chi connectivity index (χ4n) is 1.78. The molecule has 0 spiro atoms. The molecule has 0 atom stereocenters. The molecule has 0 aromatic heterocycles. The average molecular weight is 295 g/mol. The number of hydrogen-bond donors (Lipinski definition) is 1. The Labute approximate surface area is 118 Å². The lowest BCUT2D eigenvalue weighted by atomic mass is 10.1. The topological polar surface area (TPSA) is 72.6 Å². The van der Waals surface area contributed by atoms with Gasteiger partial charge in [-0.2, -0.15) is 4.39 Å². The number of ether oxygens (including phenoxy) is 1. The molecule has 0 unspecified atom stereocenters. The Morgan fingerprint density at radius 1 is 1.19 bits per heavy atom. The fraction of sp³-hybridized carbons (Fsp3) is 0.143. The van der Waals surface area contributed by atoms with Crippen LogP contribution in [0.5, 0.6) is 11.5 Å². The second kappa shape index (κ2) is 6.27. The maximum absolute atomic E-state index is 13.4. The first-order valence-electron chi connectivity index (χ1n) is 6.02. The Morgan fingerprint density at radius 3 is 2.43 bits per heavy atom. The molecule has 0 saturated carbocycles. The Hall–Kier alpha value is -2.54. The largest absolute Gasteiger partial charge is 0.450 e. The monoisotopic (exact) mass is 295 g/mol. The maximum Gasteiger partial charge on any atom is 0.347 e. The summed E-state index contributed by atoms with van der Waals surface area (Å²) in [6.45, 7) is -0.0131. The van der Waals surface area contributed by atoms with Gasteiger partial charge in [0.15, 0.2) is 0 Å². The van der Waals surface area contributed by atoms with Crippen LogP contribution in [0.1, 0.15) is 5.56 Å². The van der Waals surface area contributed by atoms with Gasteiger partial charge in [-0.05, 0) is 24.1 Å². The van der Waals surface area contributed by atoms with E-state index in [4.69, 9.17) is 9.84 Å². The number of nitro benzene ring substituents is 1. The molecule has 0 bridgehead atoms. The second-order valence-corrected chi connectivity index (χ2v) is 4.21. The lowest BCUT2D eigenvalue weighted by Crippen LogP contribution is -1.98. The lowest BCUT2D eigenvalue weighted by molar-refractivity contribution is -0.388. The van der Waals surface area contributed by atoms with E-state index in [9.17, 15) is 18.9 Å². The average Bonchev–Trinajstić information content (AvgIpc) is 2.40. The Bertz CT molecular complexity index is 659. The maximum atomic E-state index is 13.4. The predicted molar refractivity (Wildman–Crippen MR) is 70.3 cm³/mol. The summed E-state index contributed by atoms with van der Waals surface area (Å²) in [6, 6.07) is 7.47. The zero-order valence-corrected chi connectivity index (χ0v) is 10.8. The van der Waals surface area contributed by atoms with Crippen molar-refractivity contribution in [1.29, 1.82) is 0 Å². The molecule has 7 heteroatoms. The van der Waals surface area contributed by atoms with Crippen molar-refractivity contribution in [2.75, 3.05) is 6.61 Å². The molecule has 0 aliphatic heterocycles. The van der Waals surface area contributed by atoms with Crippen LogP contribution in [0.2, 0.25) is 0 Å². The van der Waals surface area contributed by atoms with E-state index in [1.807, 2.05) is 0 Å². The smallest absolute Gasteiger partial charge is 0.347 e. The molecule has 21 heavy (non-hydrogen) atoms. The zero-order chi connectivity index (χ0) is 15.4. The number of aliphatic hydroxyl groups is 1. The van der Waals surface area contributed by atoms with Crippen LogP contribution in [0, 0.1) is 21.7 Å². The number of benzene rings is 2. The minimum atomic E-state index is -1.30. The number of rotatable bonds is 5. The van der Waals surface area contributed by atoms with E-state index in [1.54, 1.807) is 12.1 Å². The highest BCUT2D eigenvalue weighted by molar-refractivity contribution is 5.49. The summed E-state index contributed by atoms with van der Waals surface area (Å²) in [6.07, 6.45) is 0.453. The van der Waals surface area contributed by atoms with Crippen LogP contribution in [0.3, 0.4) is 0 Å². The van der Waals surface area contributed by atoms with E-state index >= 15 is 0 Å². The Morgan fingerprint density at radius 2 is 1.86 bits per heavy atom. The van der Waals surface area contributed by atoms with Crippen LogP contribution < -0.4 is 4.74 Å². The zero-order valence-electron chi connectivity index (χ0n) is 10.8. The summed E-state index contributed by atoms with van der Waals surface area (Å²) in [4.78, 5) is 9.85. The van der Waals surface area contributed by atoms with Crippen LogP contribution >= 0.6 is 0 Å². The molecule has 0 aliphatic carbocycles. The lowest BCUT2D eigenvalue weighted by Gasteiger charge is -2.08. The highest BCUT2D eigenvalue weighted by atomic mass is 19.1. The quantitative estimate of drug-likeness (QED) is 0.679. The number of hydrogen-bond acceptors (Lipinski definition) is 4. The third kappa shape index (κ3) is 3.51. The van der Waals surface area contributed by atoms with Crippen LogP contribution in [0.4, 0.5) is 14.5 Å². The van der Waals surface area contributed by atoms with E-state index in [0.29, 0.717) is 12.5 Å². The summed E-state index contributed by atoms with van der Waals surface area (Å²) in [5.41, 5.74) is -0.0828. The van der Waals surface area contributed by atoms with E-state index in [1.165, 1.54) is 12.1 Å². The molecule has 2 aromatic carbocycles. The summed E-state index contributed by atoms with van der Waals surface area (Å²) in [5.74, 6) is -2.57. The van der Waals surface area contributed by atoms with Gasteiger partial charge in [-0.3, -0.25) is 10.1 Å². The van der Waals surface area contributed by atoms with Crippen LogP contribution in [-0.4, -0.2) is 16.6 Å². The minimum absolute atomic E-state index is 0.0131. The SMILES string of the molecule is O=[N+]([O-])c1c(F)cc(F)cc1Oc1ccc(CCO)cc1. The molecule has 2 rings (SSSR count). The van der Waals surface area contributed by atoms with Crippen LogP contribution in [-0.2, 0) is 6.42 Å². The highest BCUT2D eigenvalue weighted by Gasteiger charge is 2.23. The molecule has 1 N–H and O–H groups in total. The van der Waals surface area contributed by atoms with E-state index in [-0.39, 0.29) is 12.4 Å². The molecule has 0 aliphatic rings. The Balaban J connectivity index is 2.32. The van der Waals surface area contributed by atoms with Gasteiger partial charge in [0.1, 0.15) is 11.6 Å². The second-order valence-electron chi connectivity index (χ2n) is 4.21. The van der Waals surface area contributed by atoms with E-state index in [2.05, 4.69) is 0 Å². The molecule has 0 amide bonds. The molecular formula is C14H11F2NO4. The normalized spacial score (nSPS) is 10.4. The van der Waals surface area contributed by atoms with Gasteiger partial charge in [0.2, 0.25) is 11.6 Å². The highest BCUT2D eigenvalue weighted by Crippen LogP contribution is 2.34. The first kappa shape index (κ1) is 14.9. The van der Waals surface area contributed by atoms with Crippen molar-refractivity contribution in [1.82, 2.24) is 0 Å². The van der Waals surface area contributed by atoms with E-state index < -0.39 is 28.0 Å². The van der Waals surface area contributed by atoms with Crippen molar-refractivity contribution in [3.63, 3.8) is 0 Å². The van der Waals surface area contributed by atoms with Crippen molar-refractivity contribution in [3.05, 3.63) is 63.7 Å². The van der Waals surface area contributed by atoms with Gasteiger partial charge in [0.05, 0.1) is 4.92 Å². The summed E-state index contributed by atoms with van der Waals surface area (Å²) in [5, 5.41) is 19.6. The minimum Gasteiger partial charge on any atom is -0.450 e. The van der Waals surface area contributed by atoms with Crippen LogP contribution in [0.25, 0.3) is 0 Å². The van der Waals surface area contributed by atoms with Crippen molar-refractivity contribution < 1.29 is 23.5 Å². The standard InChI is InChI=1S/C14H11F2NO4/c15-10-7-12(16)14(17(19)20)13(8-10)21-11-3-1-9(2-4-11)5-6-18/h1-4,7-8,18H,5-6H2. The van der Waals surface area contributed by atoms with Gasteiger partial charge in [0, 0.05) is 18.7 Å². The molecule has 0 saturated heterocycles. The third-order valence-electron chi connectivity index (χ3n) is 2.73. The number of nitro groups is 1. The number of nitrogens with zero attached hydrogens (tertiary/aromatic N) is 1. The van der Waals surface area contributed by atoms with Gasteiger partial charge >= 0.3 is 5.69 Å². The van der Waals surface area contributed by atoms with Gasteiger partial charge in [0.25, 0.3) is 0 Å². The van der Waals surface area contributed by atoms with Gasteiger partial charge < -0.3 is 9.84 Å². The van der Waals surface area contributed by atoms with Gasteiger partial charge in [-0.25, -0.2) is 4.39 Å². The predicted octanol–water partition coefficient (Wildman–Crippen LogP) is 3.20. The van der Waals surface area contributed by atoms with Crippen LogP contribution in [0.15, 0.2) is 36.4 Å². The summed E-state index contributed by atoms with van der Waals surface area (Å²) < 4.78 is 31.8. The molecule has 0 fully saturated rings.